The molecule has 0 bridgehead atoms. The summed E-state index contributed by atoms with van der Waals surface area (Å²) in [7, 11) is 0. The van der Waals surface area contributed by atoms with Gasteiger partial charge < -0.3 is 10.5 Å². The molecule has 30 valence electrons. The average Bonchev–Trinajstić information content (AvgIpc) is 0.811. The van der Waals surface area contributed by atoms with E-state index in [1.165, 1.54) is 6.92 Å². The molecule has 1 amide bonds. The van der Waals surface area contributed by atoms with Gasteiger partial charge in [-0.1, -0.05) is 0 Å². The molecule has 0 saturated heterocycles. The Labute approximate surface area is 45.0 Å². The van der Waals surface area contributed by atoms with Crippen molar-refractivity contribution in [1.82, 2.24) is 0 Å². The second-order valence-electron chi connectivity index (χ2n) is 0.556. The molecule has 2 nitrogen and oxygen atoms in total. The predicted molar refractivity (Wildman–Crippen MR) is 15.0 cm³/mol. The van der Waals surface area contributed by atoms with E-state index >= 15 is 0 Å². The van der Waals surface area contributed by atoms with Crippen molar-refractivity contribution in [3.8, 4) is 0 Å². The van der Waals surface area contributed by atoms with Crippen LogP contribution < -0.4 is 0 Å². The number of carbonyl (C=O) groups excluding carboxylic acids is 1. The Balaban J connectivity index is 0. The van der Waals surface area contributed by atoms with Crippen molar-refractivity contribution >= 4 is 5.91 Å². The van der Waals surface area contributed by atoms with Crippen molar-refractivity contribution in [3.05, 3.63) is 5.73 Å². The molecule has 5 heavy (non-hydrogen) atoms. The van der Waals surface area contributed by atoms with Crippen molar-refractivity contribution in [1.29, 1.82) is 0 Å². The summed E-state index contributed by atoms with van der Waals surface area (Å²) in [5.41, 5.74) is 5.94. The minimum atomic E-state index is -0.583. The van der Waals surface area contributed by atoms with E-state index in [0.29, 0.717) is 0 Å². The molecule has 0 saturated carbocycles. The zero-order chi connectivity index (χ0) is 3.58. The SMILES string of the molecule is CC([NH-])=O.[W]. The van der Waals surface area contributed by atoms with Crippen LogP contribution in [0.3, 0.4) is 0 Å². The number of hydrogen-bond acceptors (Lipinski definition) is 1. The van der Waals surface area contributed by atoms with Crippen LogP contribution >= 0.6 is 0 Å². The molecular formula is C2H4NOW-. The topological polar surface area (TPSA) is 40.9 Å². The first-order chi connectivity index (χ1) is 1.73. The fraction of sp³-hybridized carbons (Fsp3) is 0.500. The third-order valence-electron chi connectivity index (χ3n) is 0. The molecule has 0 atom stereocenters. The van der Waals surface area contributed by atoms with Gasteiger partial charge in [0.05, 0.1) is 0 Å². The van der Waals surface area contributed by atoms with Crippen molar-refractivity contribution in [2.24, 2.45) is 0 Å². The number of amides is 1. The maximum Gasteiger partial charge on any atom is 0.0456 e. The maximum absolute atomic E-state index is 9.11. The third-order valence-corrected chi connectivity index (χ3v) is 0. The van der Waals surface area contributed by atoms with Gasteiger partial charge in [0.25, 0.3) is 0 Å². The van der Waals surface area contributed by atoms with Crippen LogP contribution in [0.2, 0.25) is 0 Å². The molecular weight excluding hydrogens is 238 g/mol. The molecule has 0 aromatic carbocycles. The Bertz CT molecular complexity index is 32.6. The summed E-state index contributed by atoms with van der Waals surface area (Å²) in [6.07, 6.45) is 0. The van der Waals surface area contributed by atoms with Crippen LogP contribution in [0, 0.1) is 0 Å². The van der Waals surface area contributed by atoms with E-state index in [0.717, 1.165) is 0 Å². The first-order valence-electron chi connectivity index (χ1n) is 0.954. The van der Waals surface area contributed by atoms with E-state index in [1.54, 1.807) is 0 Å². The van der Waals surface area contributed by atoms with Crippen LogP contribution in [0.4, 0.5) is 0 Å². The van der Waals surface area contributed by atoms with E-state index in [2.05, 4.69) is 0 Å². The fourth-order valence-electron chi connectivity index (χ4n) is 0. The van der Waals surface area contributed by atoms with Gasteiger partial charge in [0.15, 0.2) is 0 Å². The van der Waals surface area contributed by atoms with Gasteiger partial charge in [-0.15, -0.1) is 0 Å². The van der Waals surface area contributed by atoms with Gasteiger partial charge in [0.2, 0.25) is 0 Å². The Hall–Kier alpha value is 0.158. The van der Waals surface area contributed by atoms with Gasteiger partial charge in [0.1, 0.15) is 0 Å². The minimum absolute atomic E-state index is 0. The van der Waals surface area contributed by atoms with Gasteiger partial charge in [-0.2, -0.15) is 0 Å². The first-order valence-corrected chi connectivity index (χ1v) is 0.954. The maximum atomic E-state index is 9.11. The molecule has 0 aromatic rings. The van der Waals surface area contributed by atoms with Crippen LogP contribution in [0.1, 0.15) is 6.92 Å². The Morgan fingerprint density at radius 2 is 1.80 bits per heavy atom. The van der Waals surface area contributed by atoms with Crippen LogP contribution in [0.15, 0.2) is 0 Å². The van der Waals surface area contributed by atoms with Crippen molar-refractivity contribution in [2.75, 3.05) is 0 Å². The van der Waals surface area contributed by atoms with E-state index in [-0.39, 0.29) is 21.1 Å². The van der Waals surface area contributed by atoms with Crippen molar-refractivity contribution in [2.45, 2.75) is 6.92 Å². The van der Waals surface area contributed by atoms with E-state index < -0.39 is 5.91 Å². The first kappa shape index (κ1) is 8.94. The van der Waals surface area contributed by atoms with Gasteiger partial charge in [-0.3, -0.25) is 0 Å². The summed E-state index contributed by atoms with van der Waals surface area (Å²) in [5, 5.41) is 0. The molecule has 1 N–H and O–H groups in total. The molecule has 0 rings (SSSR count). The van der Waals surface area contributed by atoms with Crippen LogP contribution in [0.25, 0.3) is 5.73 Å². The zero-order valence-corrected chi connectivity index (χ0v) is 5.75. The molecule has 0 radical (unpaired) electrons. The summed E-state index contributed by atoms with van der Waals surface area (Å²) in [6, 6.07) is 0. The minimum Gasteiger partial charge on any atom is -0.668 e. The van der Waals surface area contributed by atoms with Crippen molar-refractivity contribution in [3.63, 3.8) is 0 Å². The second kappa shape index (κ2) is 4.16. The third kappa shape index (κ3) is 773. The summed E-state index contributed by atoms with van der Waals surface area (Å²) >= 11 is 0. The zero-order valence-electron chi connectivity index (χ0n) is 2.82. The summed E-state index contributed by atoms with van der Waals surface area (Å²) in [5.74, 6) is -0.583. The van der Waals surface area contributed by atoms with Crippen molar-refractivity contribution < 1.29 is 25.9 Å². The van der Waals surface area contributed by atoms with E-state index in [9.17, 15) is 0 Å². The Morgan fingerprint density at radius 3 is 1.80 bits per heavy atom. The molecule has 0 aromatic heterocycles. The molecule has 0 unspecified atom stereocenters. The molecule has 0 spiro atoms. The standard InChI is InChI=1S/C2H5NO.W/c1-2(3)4;/h1H3,(H2,3,4);/p-1. The normalized spacial score (nSPS) is 5.00. The number of rotatable bonds is 0. The molecule has 0 heterocycles. The summed E-state index contributed by atoms with van der Waals surface area (Å²) in [6.45, 7) is 1.19. The predicted octanol–water partition coefficient (Wildman–Crippen LogP) is 0.583. The summed E-state index contributed by atoms with van der Waals surface area (Å²) in [4.78, 5) is 9.11. The van der Waals surface area contributed by atoms with Crippen LogP contribution in [-0.4, -0.2) is 5.91 Å². The molecule has 3 heteroatoms. The Kier molecular flexibility index (Phi) is 7.44. The Morgan fingerprint density at radius 1 is 1.80 bits per heavy atom. The number of hydrogen-bond donors (Lipinski definition) is 0. The van der Waals surface area contributed by atoms with Gasteiger partial charge in [0, 0.05) is 27.0 Å². The quantitative estimate of drug-likeness (QED) is 0.612. The van der Waals surface area contributed by atoms with Gasteiger partial charge >= 0.3 is 0 Å². The van der Waals surface area contributed by atoms with Crippen LogP contribution in [-0.2, 0) is 25.9 Å². The second-order valence-corrected chi connectivity index (χ2v) is 0.556. The van der Waals surface area contributed by atoms with Crippen LogP contribution in [0.5, 0.6) is 0 Å². The number of nitrogens with one attached hydrogen (secondary N) is 1. The monoisotopic (exact) mass is 242 g/mol. The van der Waals surface area contributed by atoms with Gasteiger partial charge in [-0.05, 0) is 6.92 Å². The summed E-state index contributed by atoms with van der Waals surface area (Å²) < 4.78 is 0. The molecule has 0 aliphatic rings. The van der Waals surface area contributed by atoms with Gasteiger partial charge in [-0.25, -0.2) is 0 Å². The fourth-order valence-corrected chi connectivity index (χ4v) is 0. The smallest absolute Gasteiger partial charge is 0.0456 e. The largest absolute Gasteiger partial charge is 0.668 e. The molecule has 0 aliphatic heterocycles. The van der Waals surface area contributed by atoms with E-state index in [1.807, 2.05) is 0 Å². The molecule has 0 fully saturated rings. The van der Waals surface area contributed by atoms with E-state index in [4.69, 9.17) is 10.5 Å². The average molecular weight is 242 g/mol. The molecule has 0 aliphatic carbocycles. The number of carbonyl (C=O) groups is 1.